The predicted octanol–water partition coefficient (Wildman–Crippen LogP) is -0.568. The van der Waals surface area contributed by atoms with Crippen LogP contribution in [0.1, 0.15) is 0 Å². The molecule has 0 aromatic carbocycles. The Balaban J connectivity index is -0.000000155. The zero-order valence-corrected chi connectivity index (χ0v) is 7.74. The third-order valence-electron chi connectivity index (χ3n) is 0.471. The van der Waals surface area contributed by atoms with Gasteiger partial charge in [0.25, 0.3) is 0 Å². The van der Waals surface area contributed by atoms with Crippen molar-refractivity contribution in [2.24, 2.45) is 0 Å². The lowest BCUT2D eigenvalue weighted by Gasteiger charge is -1.94. The lowest BCUT2D eigenvalue weighted by molar-refractivity contribution is 0.0650. The van der Waals surface area contributed by atoms with E-state index in [1.54, 1.807) is 0 Å². The first-order chi connectivity index (χ1) is 6.88. The molecule has 0 aliphatic heterocycles. The van der Waals surface area contributed by atoms with E-state index in [-0.39, 0.29) is 13.2 Å². The van der Waals surface area contributed by atoms with Crippen LogP contribution in [-0.4, -0.2) is 69.4 Å². The zero-order valence-electron chi connectivity index (χ0n) is 7.74. The molecule has 0 aromatic rings. The largest absolute Gasteiger partial charge is 0.503 e. The van der Waals surface area contributed by atoms with Crippen molar-refractivity contribution in [2.45, 2.75) is 0 Å². The van der Waals surface area contributed by atoms with Crippen molar-refractivity contribution in [3.63, 3.8) is 0 Å². The Labute approximate surface area is 84.8 Å². The van der Waals surface area contributed by atoms with Crippen LogP contribution in [0.25, 0.3) is 0 Å². The van der Waals surface area contributed by atoms with Crippen LogP contribution in [0.5, 0.6) is 0 Å². The fourth-order valence-corrected chi connectivity index (χ4v) is 0.231. The van der Waals surface area contributed by atoms with E-state index < -0.39 is 12.3 Å². The highest BCUT2D eigenvalue weighted by atomic mass is 16.6. The SMILES string of the molecule is O=C(O)O.O=C(O)O.OCCOCCO. The van der Waals surface area contributed by atoms with Gasteiger partial charge in [0.15, 0.2) is 0 Å². The van der Waals surface area contributed by atoms with Gasteiger partial charge in [0.05, 0.1) is 26.4 Å². The van der Waals surface area contributed by atoms with E-state index in [0.29, 0.717) is 13.2 Å². The maximum atomic E-state index is 8.56. The van der Waals surface area contributed by atoms with Gasteiger partial charge < -0.3 is 35.4 Å². The van der Waals surface area contributed by atoms with Gasteiger partial charge in [-0.1, -0.05) is 0 Å². The standard InChI is InChI=1S/C4H10O3.2CH2O3/c5-1-3-7-4-2-6;2*2-1(3)4/h5-6H,1-4H2;2*(H2,2,3,4). The molecule has 6 N–H and O–H groups in total. The van der Waals surface area contributed by atoms with Gasteiger partial charge in [0, 0.05) is 0 Å². The van der Waals surface area contributed by atoms with Gasteiger partial charge in [-0.2, -0.15) is 0 Å². The molecule has 0 rings (SSSR count). The second kappa shape index (κ2) is 18.3. The molecule has 0 bridgehead atoms. The smallest absolute Gasteiger partial charge is 0.450 e. The molecule has 0 heterocycles. The predicted molar refractivity (Wildman–Crippen MR) is 46.3 cm³/mol. The molecule has 0 fully saturated rings. The summed E-state index contributed by atoms with van der Waals surface area (Å²) in [5, 5.41) is 44.1. The molecule has 0 saturated carbocycles. The minimum Gasteiger partial charge on any atom is -0.450 e. The summed E-state index contributed by atoms with van der Waals surface area (Å²) in [5.74, 6) is 0. The van der Waals surface area contributed by atoms with Crippen molar-refractivity contribution in [1.82, 2.24) is 0 Å². The molecule has 0 amide bonds. The van der Waals surface area contributed by atoms with Crippen LogP contribution in [0, 0.1) is 0 Å². The number of rotatable bonds is 4. The van der Waals surface area contributed by atoms with Crippen LogP contribution in [0.15, 0.2) is 0 Å². The molecule has 0 radical (unpaired) electrons. The maximum absolute atomic E-state index is 8.56. The quantitative estimate of drug-likeness (QED) is 0.347. The Hall–Kier alpha value is -1.58. The molecular weight excluding hydrogens is 216 g/mol. The first kappa shape index (κ1) is 19.1. The highest BCUT2D eigenvalue weighted by Gasteiger charge is 1.79. The van der Waals surface area contributed by atoms with E-state index in [1.807, 2.05) is 0 Å². The molecule has 15 heavy (non-hydrogen) atoms. The van der Waals surface area contributed by atoms with Crippen LogP contribution < -0.4 is 0 Å². The molecule has 0 aromatic heterocycles. The third-order valence-corrected chi connectivity index (χ3v) is 0.471. The van der Waals surface area contributed by atoms with Crippen LogP contribution in [0.3, 0.4) is 0 Å². The van der Waals surface area contributed by atoms with Crippen molar-refractivity contribution < 1.29 is 45.0 Å². The molecule has 0 aliphatic rings. The highest BCUT2D eigenvalue weighted by Crippen LogP contribution is 1.68. The van der Waals surface area contributed by atoms with E-state index in [1.165, 1.54) is 0 Å². The summed E-state index contributed by atoms with van der Waals surface area (Å²) in [6, 6.07) is 0. The van der Waals surface area contributed by atoms with Gasteiger partial charge in [-0.3, -0.25) is 0 Å². The average Bonchev–Trinajstić information content (AvgIpc) is 2.03. The molecule has 9 nitrogen and oxygen atoms in total. The number of ether oxygens (including phenoxy) is 1. The van der Waals surface area contributed by atoms with Crippen LogP contribution in [0.2, 0.25) is 0 Å². The second-order valence-corrected chi connectivity index (χ2v) is 1.62. The fraction of sp³-hybridized carbons (Fsp3) is 0.667. The lowest BCUT2D eigenvalue weighted by Crippen LogP contribution is -2.03. The van der Waals surface area contributed by atoms with Gasteiger partial charge in [-0.15, -0.1) is 0 Å². The normalized spacial score (nSPS) is 7.60. The van der Waals surface area contributed by atoms with Gasteiger partial charge >= 0.3 is 12.3 Å². The van der Waals surface area contributed by atoms with E-state index in [2.05, 4.69) is 4.74 Å². The molecular formula is C6H14O9. The van der Waals surface area contributed by atoms with Crippen LogP contribution in [-0.2, 0) is 4.74 Å². The number of hydrogen-bond donors (Lipinski definition) is 6. The Morgan fingerprint density at radius 1 is 0.800 bits per heavy atom. The lowest BCUT2D eigenvalue weighted by atomic mass is 10.7. The molecule has 92 valence electrons. The fourth-order valence-electron chi connectivity index (χ4n) is 0.231. The maximum Gasteiger partial charge on any atom is 0.503 e. The Morgan fingerprint density at radius 3 is 1.13 bits per heavy atom. The number of aliphatic hydroxyl groups is 2. The molecule has 0 aliphatic carbocycles. The molecule has 0 saturated heterocycles. The topological polar surface area (TPSA) is 165 Å². The first-order valence-electron chi connectivity index (χ1n) is 3.51. The second-order valence-electron chi connectivity index (χ2n) is 1.62. The Morgan fingerprint density at radius 2 is 1.00 bits per heavy atom. The van der Waals surface area contributed by atoms with Crippen LogP contribution >= 0.6 is 0 Å². The van der Waals surface area contributed by atoms with Gasteiger partial charge in [-0.05, 0) is 0 Å². The number of aliphatic hydroxyl groups excluding tert-OH is 2. The van der Waals surface area contributed by atoms with Crippen molar-refractivity contribution in [3.05, 3.63) is 0 Å². The monoisotopic (exact) mass is 230 g/mol. The van der Waals surface area contributed by atoms with E-state index in [4.69, 9.17) is 40.2 Å². The van der Waals surface area contributed by atoms with Crippen molar-refractivity contribution in [3.8, 4) is 0 Å². The zero-order chi connectivity index (χ0) is 12.7. The van der Waals surface area contributed by atoms with Gasteiger partial charge in [0.2, 0.25) is 0 Å². The summed E-state index contributed by atoms with van der Waals surface area (Å²) in [5.41, 5.74) is 0. The van der Waals surface area contributed by atoms with E-state index in [0.717, 1.165) is 0 Å². The number of hydrogen-bond acceptors (Lipinski definition) is 5. The number of carbonyl (C=O) groups is 2. The minimum atomic E-state index is -1.83. The van der Waals surface area contributed by atoms with Gasteiger partial charge in [0.1, 0.15) is 0 Å². The van der Waals surface area contributed by atoms with Gasteiger partial charge in [-0.25, -0.2) is 9.59 Å². The molecule has 9 heteroatoms. The summed E-state index contributed by atoms with van der Waals surface area (Å²) in [7, 11) is 0. The van der Waals surface area contributed by atoms with Crippen molar-refractivity contribution in [2.75, 3.05) is 26.4 Å². The first-order valence-corrected chi connectivity index (χ1v) is 3.51. The Bertz CT molecular complexity index is 122. The van der Waals surface area contributed by atoms with Crippen LogP contribution in [0.4, 0.5) is 9.59 Å². The number of carboxylic acid groups (broad SMARTS) is 4. The minimum absolute atomic E-state index is 0.0278. The summed E-state index contributed by atoms with van der Waals surface area (Å²) in [6.45, 7) is 0.696. The van der Waals surface area contributed by atoms with E-state index >= 15 is 0 Å². The summed E-state index contributed by atoms with van der Waals surface area (Å²) >= 11 is 0. The summed E-state index contributed by atoms with van der Waals surface area (Å²) in [6.07, 6.45) is -3.67. The third kappa shape index (κ3) is 230. The Kier molecular flexibility index (Phi) is 23.2. The molecule has 0 atom stereocenters. The van der Waals surface area contributed by atoms with Crippen molar-refractivity contribution in [1.29, 1.82) is 0 Å². The summed E-state index contributed by atoms with van der Waals surface area (Å²) in [4.78, 5) is 17.1. The highest BCUT2D eigenvalue weighted by molar-refractivity contribution is 5.53. The van der Waals surface area contributed by atoms with Crippen molar-refractivity contribution >= 4 is 12.3 Å². The molecule has 0 spiro atoms. The summed E-state index contributed by atoms with van der Waals surface area (Å²) < 4.78 is 4.63. The molecule has 0 unspecified atom stereocenters. The average molecular weight is 230 g/mol. The van der Waals surface area contributed by atoms with E-state index in [9.17, 15) is 0 Å².